The van der Waals surface area contributed by atoms with Gasteiger partial charge in [0.15, 0.2) is 5.76 Å². The van der Waals surface area contributed by atoms with Gasteiger partial charge >= 0.3 is 6.03 Å². The van der Waals surface area contributed by atoms with Crippen molar-refractivity contribution < 1.29 is 28.0 Å². The van der Waals surface area contributed by atoms with Gasteiger partial charge in [0.1, 0.15) is 11.7 Å². The van der Waals surface area contributed by atoms with Crippen molar-refractivity contribution >= 4 is 29.3 Å². The van der Waals surface area contributed by atoms with Crippen molar-refractivity contribution in [1.29, 1.82) is 0 Å². The zero-order chi connectivity index (χ0) is 20.5. The Morgan fingerprint density at radius 2 is 1.76 bits per heavy atom. The molecule has 8 heteroatoms. The number of hydrogen-bond acceptors (Lipinski definition) is 5. The number of Topliss-reactive ketones (excluding diaryl/α,β-unsaturated/α-hetero) is 1. The highest BCUT2D eigenvalue weighted by atomic mass is 19.1. The highest BCUT2D eigenvalue weighted by molar-refractivity contribution is 6.30. The van der Waals surface area contributed by atoms with Gasteiger partial charge in [0, 0.05) is 5.56 Å². The molecule has 0 bridgehead atoms. The van der Waals surface area contributed by atoms with E-state index >= 15 is 0 Å². The molecule has 4 rings (SSSR count). The minimum Gasteiger partial charge on any atom is -0.461 e. The lowest BCUT2D eigenvalue weighted by Crippen LogP contribution is -2.45. The van der Waals surface area contributed by atoms with E-state index in [2.05, 4.69) is 5.32 Å². The Morgan fingerprint density at radius 1 is 1.00 bits per heavy atom. The Morgan fingerprint density at radius 3 is 2.45 bits per heavy atom. The minimum absolute atomic E-state index is 0.0266. The maximum absolute atomic E-state index is 13.8. The maximum Gasteiger partial charge on any atom is 0.335 e. The van der Waals surface area contributed by atoms with Crippen LogP contribution in [0, 0.1) is 5.82 Å². The highest BCUT2D eigenvalue weighted by Gasteiger charge is 2.46. The summed E-state index contributed by atoms with van der Waals surface area (Å²) in [4.78, 5) is 51.3. The van der Waals surface area contributed by atoms with Crippen molar-refractivity contribution in [2.45, 2.75) is 5.92 Å². The van der Waals surface area contributed by atoms with Crippen LogP contribution in [0.1, 0.15) is 32.4 Å². The molecule has 0 saturated carbocycles. The molecule has 1 unspecified atom stereocenters. The summed E-state index contributed by atoms with van der Waals surface area (Å²) in [6, 6.07) is 13.1. The van der Waals surface area contributed by atoms with Crippen LogP contribution < -0.4 is 10.2 Å². The van der Waals surface area contributed by atoms with E-state index in [1.54, 1.807) is 18.2 Å². The van der Waals surface area contributed by atoms with Crippen LogP contribution in [-0.2, 0) is 4.79 Å². The number of anilines is 1. The number of ketones is 1. The second kappa shape index (κ2) is 7.16. The van der Waals surface area contributed by atoms with Crippen molar-refractivity contribution in [2.75, 3.05) is 4.90 Å². The number of fused-ring (bicyclic) bond motifs is 1. The van der Waals surface area contributed by atoms with E-state index in [9.17, 15) is 23.6 Å². The van der Waals surface area contributed by atoms with E-state index in [0.29, 0.717) is 4.90 Å². The molecule has 1 aliphatic heterocycles. The third kappa shape index (κ3) is 3.20. The van der Waals surface area contributed by atoms with E-state index in [4.69, 9.17) is 4.42 Å². The van der Waals surface area contributed by atoms with Gasteiger partial charge in [-0.05, 0) is 48.0 Å². The topological polar surface area (TPSA) is 96.7 Å². The first kappa shape index (κ1) is 18.3. The van der Waals surface area contributed by atoms with Crippen molar-refractivity contribution in [3.8, 4) is 0 Å². The molecule has 0 aliphatic carbocycles. The molecule has 4 amide bonds. The summed E-state index contributed by atoms with van der Waals surface area (Å²) in [5.41, 5.74) is 0.272. The van der Waals surface area contributed by atoms with Crippen LogP contribution in [0.3, 0.4) is 0 Å². The van der Waals surface area contributed by atoms with E-state index in [1.165, 1.54) is 36.6 Å². The number of rotatable bonds is 3. The van der Waals surface area contributed by atoms with Gasteiger partial charge in [-0.25, -0.2) is 14.1 Å². The molecule has 1 atom stereocenters. The standard InChI is InChI=1S/C21H13FN2O5/c22-13-8-9-15-14(11-13)17(18(25)16-7-4-10-29-16)20(27)24(15)21(28)23-19(26)12-5-2-1-3-6-12/h1-11,17H,(H,23,26,28). The number of hydrogen-bond donors (Lipinski definition) is 1. The monoisotopic (exact) mass is 392 g/mol. The molecule has 0 fully saturated rings. The number of carbonyl (C=O) groups excluding carboxylic acids is 4. The Labute approximate surface area is 163 Å². The molecule has 1 aliphatic rings. The summed E-state index contributed by atoms with van der Waals surface area (Å²) in [6.07, 6.45) is 1.27. The van der Waals surface area contributed by atoms with E-state index in [0.717, 1.165) is 12.1 Å². The number of furan rings is 1. The van der Waals surface area contributed by atoms with E-state index < -0.39 is 35.4 Å². The van der Waals surface area contributed by atoms with Gasteiger partial charge in [0.25, 0.3) is 11.8 Å². The van der Waals surface area contributed by atoms with Gasteiger partial charge in [-0.3, -0.25) is 19.7 Å². The predicted octanol–water partition coefficient (Wildman–Crippen LogP) is 3.28. The van der Waals surface area contributed by atoms with Gasteiger partial charge in [-0.15, -0.1) is 0 Å². The molecular formula is C21H13FN2O5. The van der Waals surface area contributed by atoms with E-state index in [1.807, 2.05) is 0 Å². The Hall–Kier alpha value is -4.07. The van der Waals surface area contributed by atoms with Crippen LogP contribution in [0.2, 0.25) is 0 Å². The van der Waals surface area contributed by atoms with Crippen molar-refractivity contribution in [1.82, 2.24) is 5.32 Å². The quantitative estimate of drug-likeness (QED) is 0.545. The summed E-state index contributed by atoms with van der Waals surface area (Å²) >= 11 is 0. The van der Waals surface area contributed by atoms with Gasteiger partial charge in [-0.2, -0.15) is 0 Å². The zero-order valence-corrected chi connectivity index (χ0v) is 14.8. The first-order valence-corrected chi connectivity index (χ1v) is 8.59. The smallest absolute Gasteiger partial charge is 0.335 e. The summed E-state index contributed by atoms with van der Waals surface area (Å²) in [7, 11) is 0. The normalized spacial score (nSPS) is 15.1. The van der Waals surface area contributed by atoms with Gasteiger partial charge in [-0.1, -0.05) is 18.2 Å². The Balaban J connectivity index is 1.68. The molecule has 2 aromatic carbocycles. The van der Waals surface area contributed by atoms with Gasteiger partial charge in [0.2, 0.25) is 5.78 Å². The summed E-state index contributed by atoms with van der Waals surface area (Å²) < 4.78 is 18.9. The molecule has 144 valence electrons. The van der Waals surface area contributed by atoms with Crippen molar-refractivity contribution in [3.05, 3.63) is 89.6 Å². The predicted molar refractivity (Wildman–Crippen MR) is 99.0 cm³/mol. The van der Waals surface area contributed by atoms with Crippen LogP contribution in [0.5, 0.6) is 0 Å². The lowest BCUT2D eigenvalue weighted by Gasteiger charge is -2.16. The molecule has 3 aromatic rings. The fraction of sp³-hybridized carbons (Fsp3) is 0.0476. The number of urea groups is 1. The van der Waals surface area contributed by atoms with E-state index in [-0.39, 0.29) is 22.6 Å². The van der Waals surface area contributed by atoms with Crippen LogP contribution >= 0.6 is 0 Å². The number of imide groups is 2. The molecule has 7 nitrogen and oxygen atoms in total. The Bertz CT molecular complexity index is 1130. The lowest BCUT2D eigenvalue weighted by atomic mass is 9.95. The number of amides is 4. The first-order chi connectivity index (χ1) is 14.0. The average molecular weight is 392 g/mol. The van der Waals surface area contributed by atoms with Crippen LogP contribution in [0.25, 0.3) is 0 Å². The zero-order valence-electron chi connectivity index (χ0n) is 14.8. The largest absolute Gasteiger partial charge is 0.461 e. The Kier molecular flexibility index (Phi) is 4.52. The van der Waals surface area contributed by atoms with Crippen LogP contribution in [0.4, 0.5) is 14.9 Å². The molecule has 29 heavy (non-hydrogen) atoms. The molecule has 0 radical (unpaired) electrons. The van der Waals surface area contributed by atoms with Crippen LogP contribution in [0.15, 0.2) is 71.3 Å². The third-order valence-electron chi connectivity index (χ3n) is 4.49. The fourth-order valence-corrected chi connectivity index (χ4v) is 3.18. The number of halogens is 1. The lowest BCUT2D eigenvalue weighted by molar-refractivity contribution is -0.117. The molecular weight excluding hydrogens is 379 g/mol. The van der Waals surface area contributed by atoms with Gasteiger partial charge < -0.3 is 4.42 Å². The van der Waals surface area contributed by atoms with Crippen molar-refractivity contribution in [3.63, 3.8) is 0 Å². The fourth-order valence-electron chi connectivity index (χ4n) is 3.18. The second-order valence-electron chi connectivity index (χ2n) is 6.28. The average Bonchev–Trinajstić information content (AvgIpc) is 3.34. The summed E-state index contributed by atoms with van der Waals surface area (Å²) in [5, 5.41) is 2.12. The molecule has 1 N–H and O–H groups in total. The summed E-state index contributed by atoms with van der Waals surface area (Å²) in [6.45, 7) is 0. The number of carbonyl (C=O) groups is 4. The molecule has 1 aromatic heterocycles. The van der Waals surface area contributed by atoms with Gasteiger partial charge in [0.05, 0.1) is 12.0 Å². The van der Waals surface area contributed by atoms with Crippen LogP contribution in [-0.4, -0.2) is 23.6 Å². The highest BCUT2D eigenvalue weighted by Crippen LogP contribution is 2.39. The molecule has 2 heterocycles. The SMILES string of the molecule is O=C(NC(=O)N1C(=O)C(C(=O)c2ccco2)c2cc(F)ccc21)c1ccccc1. The second-order valence-corrected chi connectivity index (χ2v) is 6.28. The first-order valence-electron chi connectivity index (χ1n) is 8.59. The number of nitrogens with one attached hydrogen (secondary N) is 1. The van der Waals surface area contributed by atoms with Crippen molar-refractivity contribution in [2.24, 2.45) is 0 Å². The maximum atomic E-state index is 13.8. The summed E-state index contributed by atoms with van der Waals surface area (Å²) in [5.74, 6) is -4.54. The number of nitrogens with zero attached hydrogens (tertiary/aromatic N) is 1. The third-order valence-corrected chi connectivity index (χ3v) is 4.49. The molecule has 0 saturated heterocycles. The minimum atomic E-state index is -1.45. The number of benzene rings is 2. The molecule has 0 spiro atoms.